The molecule has 0 aromatic heterocycles. The molecule has 0 radical (unpaired) electrons. The van der Waals surface area contributed by atoms with Crippen LogP contribution in [-0.2, 0) is 0 Å². The van der Waals surface area contributed by atoms with Crippen LogP contribution in [0.5, 0.6) is 0 Å². The standard InChI is InChI=1S/C13H22N2/c1-5-10(2)9-15(4)13-7-6-11(3)8-12(13)14/h6-8,10H,5,9,14H2,1-4H3. The molecular formula is C13H22N2. The number of benzene rings is 1. The number of anilines is 2. The quantitative estimate of drug-likeness (QED) is 0.767. The number of nitrogens with zero attached hydrogens (tertiary/aromatic N) is 1. The molecule has 2 nitrogen and oxygen atoms in total. The lowest BCUT2D eigenvalue weighted by atomic mass is 10.1. The predicted octanol–water partition coefficient (Wildman–Crippen LogP) is 3.06. The Morgan fingerprint density at radius 1 is 1.40 bits per heavy atom. The molecule has 1 aromatic rings. The normalized spacial score (nSPS) is 12.5. The van der Waals surface area contributed by atoms with E-state index in [4.69, 9.17) is 5.73 Å². The molecule has 2 heteroatoms. The van der Waals surface area contributed by atoms with Crippen molar-refractivity contribution in [2.45, 2.75) is 27.2 Å². The van der Waals surface area contributed by atoms with Gasteiger partial charge in [-0.1, -0.05) is 26.3 Å². The summed E-state index contributed by atoms with van der Waals surface area (Å²) >= 11 is 0. The van der Waals surface area contributed by atoms with Crippen LogP contribution >= 0.6 is 0 Å². The van der Waals surface area contributed by atoms with Gasteiger partial charge in [-0.3, -0.25) is 0 Å². The van der Waals surface area contributed by atoms with Crippen molar-refractivity contribution in [3.8, 4) is 0 Å². The van der Waals surface area contributed by atoms with Crippen LogP contribution < -0.4 is 10.6 Å². The van der Waals surface area contributed by atoms with E-state index in [1.165, 1.54) is 12.0 Å². The summed E-state index contributed by atoms with van der Waals surface area (Å²) in [6.45, 7) is 7.61. The number of nitrogens with two attached hydrogens (primary N) is 1. The Bertz CT molecular complexity index is 320. The fourth-order valence-corrected chi connectivity index (χ4v) is 1.72. The minimum atomic E-state index is 0.704. The molecule has 0 saturated carbocycles. The minimum Gasteiger partial charge on any atom is -0.397 e. The summed E-state index contributed by atoms with van der Waals surface area (Å²) in [6, 6.07) is 6.24. The molecule has 0 bridgehead atoms. The monoisotopic (exact) mass is 206 g/mol. The van der Waals surface area contributed by atoms with E-state index in [-0.39, 0.29) is 0 Å². The third-order valence-corrected chi connectivity index (χ3v) is 2.88. The molecule has 84 valence electrons. The number of nitrogen functional groups attached to an aromatic ring is 1. The lowest BCUT2D eigenvalue weighted by Crippen LogP contribution is -2.24. The van der Waals surface area contributed by atoms with Gasteiger partial charge in [0.1, 0.15) is 0 Å². The largest absolute Gasteiger partial charge is 0.397 e. The van der Waals surface area contributed by atoms with E-state index in [1.54, 1.807) is 0 Å². The zero-order valence-corrected chi connectivity index (χ0v) is 10.2. The van der Waals surface area contributed by atoms with Gasteiger partial charge < -0.3 is 10.6 Å². The van der Waals surface area contributed by atoms with Crippen molar-refractivity contribution >= 4 is 11.4 Å². The number of rotatable bonds is 4. The molecule has 15 heavy (non-hydrogen) atoms. The zero-order valence-electron chi connectivity index (χ0n) is 10.2. The van der Waals surface area contributed by atoms with E-state index in [1.807, 2.05) is 6.07 Å². The highest BCUT2D eigenvalue weighted by molar-refractivity contribution is 5.68. The van der Waals surface area contributed by atoms with Gasteiger partial charge in [-0.15, -0.1) is 0 Å². The second-order valence-electron chi connectivity index (χ2n) is 4.46. The Labute approximate surface area is 93.1 Å². The van der Waals surface area contributed by atoms with Crippen LogP contribution in [0.1, 0.15) is 25.8 Å². The van der Waals surface area contributed by atoms with Crippen LogP contribution in [0.3, 0.4) is 0 Å². The summed E-state index contributed by atoms with van der Waals surface area (Å²) in [6.07, 6.45) is 1.20. The molecular weight excluding hydrogens is 184 g/mol. The highest BCUT2D eigenvalue weighted by Gasteiger charge is 2.08. The van der Waals surface area contributed by atoms with Gasteiger partial charge >= 0.3 is 0 Å². The highest BCUT2D eigenvalue weighted by Crippen LogP contribution is 2.24. The van der Waals surface area contributed by atoms with Gasteiger partial charge in [0, 0.05) is 13.6 Å². The Kier molecular flexibility index (Phi) is 4.01. The summed E-state index contributed by atoms with van der Waals surface area (Å²) < 4.78 is 0. The Balaban J connectivity index is 2.77. The highest BCUT2D eigenvalue weighted by atomic mass is 15.1. The SMILES string of the molecule is CCC(C)CN(C)c1ccc(C)cc1N. The van der Waals surface area contributed by atoms with Gasteiger partial charge in [-0.05, 0) is 30.5 Å². The molecule has 1 rings (SSSR count). The summed E-state index contributed by atoms with van der Waals surface area (Å²) in [7, 11) is 2.10. The fourth-order valence-electron chi connectivity index (χ4n) is 1.72. The minimum absolute atomic E-state index is 0.704. The van der Waals surface area contributed by atoms with E-state index in [0.717, 1.165) is 17.9 Å². The van der Waals surface area contributed by atoms with Gasteiger partial charge in [0.15, 0.2) is 0 Å². The molecule has 0 saturated heterocycles. The van der Waals surface area contributed by atoms with Crippen molar-refractivity contribution in [2.24, 2.45) is 5.92 Å². The van der Waals surface area contributed by atoms with Crippen molar-refractivity contribution in [3.05, 3.63) is 23.8 Å². The Hall–Kier alpha value is -1.18. The average molecular weight is 206 g/mol. The first-order valence-corrected chi connectivity index (χ1v) is 5.61. The predicted molar refractivity (Wildman–Crippen MR) is 68.3 cm³/mol. The molecule has 1 atom stereocenters. The molecule has 0 heterocycles. The summed E-state index contributed by atoms with van der Waals surface area (Å²) in [4.78, 5) is 2.24. The molecule has 0 aliphatic carbocycles. The van der Waals surface area contributed by atoms with Crippen LogP contribution in [0.15, 0.2) is 18.2 Å². The topological polar surface area (TPSA) is 29.3 Å². The van der Waals surface area contributed by atoms with Crippen LogP contribution in [-0.4, -0.2) is 13.6 Å². The van der Waals surface area contributed by atoms with E-state index in [0.29, 0.717) is 5.92 Å². The summed E-state index contributed by atoms with van der Waals surface area (Å²) in [5.74, 6) is 0.704. The lowest BCUT2D eigenvalue weighted by molar-refractivity contribution is 0.560. The van der Waals surface area contributed by atoms with Crippen molar-refractivity contribution in [3.63, 3.8) is 0 Å². The number of aryl methyl sites for hydroxylation is 1. The first-order valence-electron chi connectivity index (χ1n) is 5.61. The molecule has 0 aliphatic rings. The average Bonchev–Trinajstić information content (AvgIpc) is 2.17. The molecule has 0 aliphatic heterocycles. The second-order valence-corrected chi connectivity index (χ2v) is 4.46. The van der Waals surface area contributed by atoms with Crippen molar-refractivity contribution in [1.29, 1.82) is 0 Å². The molecule has 1 aromatic carbocycles. The zero-order chi connectivity index (χ0) is 11.4. The van der Waals surface area contributed by atoms with Crippen LogP contribution in [0.25, 0.3) is 0 Å². The van der Waals surface area contributed by atoms with Gasteiger partial charge in [-0.25, -0.2) is 0 Å². The van der Waals surface area contributed by atoms with Crippen LogP contribution in [0.4, 0.5) is 11.4 Å². The molecule has 1 unspecified atom stereocenters. The summed E-state index contributed by atoms with van der Waals surface area (Å²) in [5.41, 5.74) is 9.23. The maximum atomic E-state index is 6.00. The van der Waals surface area contributed by atoms with Crippen molar-refractivity contribution in [1.82, 2.24) is 0 Å². The van der Waals surface area contributed by atoms with Crippen molar-refractivity contribution in [2.75, 3.05) is 24.2 Å². The molecule has 2 N–H and O–H groups in total. The first-order chi connectivity index (χ1) is 7.04. The van der Waals surface area contributed by atoms with E-state index >= 15 is 0 Å². The van der Waals surface area contributed by atoms with Gasteiger partial charge in [0.05, 0.1) is 11.4 Å². The Morgan fingerprint density at radius 3 is 2.60 bits per heavy atom. The number of hydrogen-bond acceptors (Lipinski definition) is 2. The molecule has 0 amide bonds. The maximum Gasteiger partial charge on any atom is 0.0597 e. The fraction of sp³-hybridized carbons (Fsp3) is 0.538. The van der Waals surface area contributed by atoms with Gasteiger partial charge in [0.2, 0.25) is 0 Å². The van der Waals surface area contributed by atoms with Gasteiger partial charge in [-0.2, -0.15) is 0 Å². The summed E-state index contributed by atoms with van der Waals surface area (Å²) in [5, 5.41) is 0. The maximum absolute atomic E-state index is 6.00. The van der Waals surface area contributed by atoms with Crippen molar-refractivity contribution < 1.29 is 0 Å². The Morgan fingerprint density at radius 2 is 2.07 bits per heavy atom. The van der Waals surface area contributed by atoms with Crippen LogP contribution in [0.2, 0.25) is 0 Å². The second kappa shape index (κ2) is 5.06. The smallest absolute Gasteiger partial charge is 0.0597 e. The van der Waals surface area contributed by atoms with Crippen LogP contribution in [0, 0.1) is 12.8 Å². The van der Waals surface area contributed by atoms with E-state index < -0.39 is 0 Å². The lowest BCUT2D eigenvalue weighted by Gasteiger charge is -2.24. The molecule has 0 fully saturated rings. The first kappa shape index (κ1) is 11.9. The third kappa shape index (κ3) is 3.15. The number of hydrogen-bond donors (Lipinski definition) is 1. The van der Waals surface area contributed by atoms with Gasteiger partial charge in [0.25, 0.3) is 0 Å². The van der Waals surface area contributed by atoms with E-state index in [9.17, 15) is 0 Å². The molecule has 0 spiro atoms. The van der Waals surface area contributed by atoms with E-state index in [2.05, 4.69) is 44.9 Å². The third-order valence-electron chi connectivity index (χ3n) is 2.88.